The number of nitrogens with zero attached hydrogens (tertiary/aromatic N) is 3. The quantitative estimate of drug-likeness (QED) is 0.738. The van der Waals surface area contributed by atoms with Crippen LogP contribution >= 0.6 is 0 Å². The molecule has 1 aromatic carbocycles. The lowest BCUT2D eigenvalue weighted by molar-refractivity contribution is -0.274. The van der Waals surface area contributed by atoms with Crippen molar-refractivity contribution in [2.75, 3.05) is 19.6 Å². The van der Waals surface area contributed by atoms with Gasteiger partial charge in [0.05, 0.1) is 6.20 Å². The van der Waals surface area contributed by atoms with Gasteiger partial charge in [0.25, 0.3) is 5.91 Å². The summed E-state index contributed by atoms with van der Waals surface area (Å²) >= 11 is 0. The largest absolute Gasteiger partial charge is 0.573 e. The smallest absolute Gasteiger partial charge is 0.406 e. The van der Waals surface area contributed by atoms with Gasteiger partial charge in [0.2, 0.25) is 0 Å². The molecule has 0 bridgehead atoms. The van der Waals surface area contributed by atoms with Crippen LogP contribution in [0.2, 0.25) is 0 Å². The monoisotopic (exact) mass is 424 g/mol. The van der Waals surface area contributed by atoms with E-state index < -0.39 is 6.36 Å². The topological polar surface area (TPSA) is 59.4 Å². The fraction of sp³-hybridized carbons (Fsp3) is 0.524. The number of halogens is 3. The molecule has 6 nitrogen and oxygen atoms in total. The van der Waals surface area contributed by atoms with Crippen molar-refractivity contribution in [2.45, 2.75) is 46.1 Å². The molecule has 0 saturated heterocycles. The van der Waals surface area contributed by atoms with Gasteiger partial charge in [0.1, 0.15) is 17.3 Å². The lowest BCUT2D eigenvalue weighted by Crippen LogP contribution is -2.29. The van der Waals surface area contributed by atoms with Crippen LogP contribution in [0.3, 0.4) is 0 Å². The van der Waals surface area contributed by atoms with Crippen molar-refractivity contribution >= 4 is 5.91 Å². The Hall–Kier alpha value is -2.55. The highest BCUT2D eigenvalue weighted by Crippen LogP contribution is 2.24. The summed E-state index contributed by atoms with van der Waals surface area (Å²) in [6, 6.07) is 6.03. The third-order valence-corrected chi connectivity index (χ3v) is 5.01. The van der Waals surface area contributed by atoms with Gasteiger partial charge in [0.15, 0.2) is 0 Å². The van der Waals surface area contributed by atoms with Crippen molar-refractivity contribution in [3.05, 3.63) is 47.5 Å². The van der Waals surface area contributed by atoms with E-state index in [0.717, 1.165) is 17.8 Å². The minimum Gasteiger partial charge on any atom is -0.406 e. The number of carbonyl (C=O) groups is 1. The minimum absolute atomic E-state index is 0.125. The fourth-order valence-electron chi connectivity index (χ4n) is 3.48. The van der Waals surface area contributed by atoms with E-state index >= 15 is 0 Å². The molecule has 0 fully saturated rings. The van der Waals surface area contributed by atoms with Crippen molar-refractivity contribution in [1.29, 1.82) is 0 Å². The summed E-state index contributed by atoms with van der Waals surface area (Å²) in [4.78, 5) is 19.1. The van der Waals surface area contributed by atoms with Gasteiger partial charge in [-0.15, -0.1) is 13.2 Å². The lowest BCUT2D eigenvalue weighted by atomic mass is 10.1. The summed E-state index contributed by atoms with van der Waals surface area (Å²) in [5.41, 5.74) is 1.29. The molecule has 1 amide bonds. The van der Waals surface area contributed by atoms with E-state index in [9.17, 15) is 18.0 Å². The van der Waals surface area contributed by atoms with Crippen LogP contribution in [0, 0.1) is 5.92 Å². The second kappa shape index (κ2) is 9.51. The van der Waals surface area contributed by atoms with E-state index in [2.05, 4.69) is 33.8 Å². The molecular weight excluding hydrogens is 397 g/mol. The van der Waals surface area contributed by atoms with Gasteiger partial charge >= 0.3 is 6.36 Å². The van der Waals surface area contributed by atoms with E-state index in [1.165, 1.54) is 12.1 Å². The van der Waals surface area contributed by atoms with Gasteiger partial charge in [-0.3, -0.25) is 9.69 Å². The van der Waals surface area contributed by atoms with Crippen LogP contribution in [-0.4, -0.2) is 46.4 Å². The van der Waals surface area contributed by atoms with Crippen LogP contribution in [0.5, 0.6) is 5.75 Å². The first kappa shape index (κ1) is 22.1. The normalized spacial score (nSPS) is 15.0. The number of hydrogen-bond acceptors (Lipinski definition) is 4. The zero-order valence-electron chi connectivity index (χ0n) is 17.2. The second-order valence-electron chi connectivity index (χ2n) is 7.87. The second-order valence-corrected chi connectivity index (χ2v) is 7.87. The molecule has 1 N–H and O–H groups in total. The van der Waals surface area contributed by atoms with Gasteiger partial charge in [0, 0.05) is 39.1 Å². The number of fused-ring (bicyclic) bond motifs is 1. The fourth-order valence-corrected chi connectivity index (χ4v) is 3.48. The van der Waals surface area contributed by atoms with Gasteiger partial charge < -0.3 is 14.6 Å². The van der Waals surface area contributed by atoms with Crippen LogP contribution in [0.1, 0.15) is 42.1 Å². The summed E-state index contributed by atoms with van der Waals surface area (Å²) in [6.45, 7) is 7.30. The first-order valence-electron chi connectivity index (χ1n) is 10.1. The number of carbonyl (C=O) groups excluding carboxylic acids is 1. The standard InChI is InChI=1S/C21H27F3N4O2/c1-15(2)6-8-25-20(29)18-13-26-19-7-9-27(10-11-28(18)19)14-16-4-3-5-17(12-16)30-21(22,23)24/h3-5,12-13,15H,6-11,14H2,1-2H3,(H,25,29). The first-order chi connectivity index (χ1) is 14.2. The number of nitrogens with one attached hydrogen (secondary N) is 1. The molecule has 0 spiro atoms. The number of hydrogen-bond donors (Lipinski definition) is 1. The molecule has 0 radical (unpaired) electrons. The summed E-state index contributed by atoms with van der Waals surface area (Å²) < 4.78 is 43.3. The molecule has 2 aromatic rings. The molecule has 1 aliphatic heterocycles. The Morgan fingerprint density at radius 2 is 2.07 bits per heavy atom. The number of imidazole rings is 1. The van der Waals surface area contributed by atoms with Crippen molar-refractivity contribution in [2.24, 2.45) is 5.92 Å². The average molecular weight is 424 g/mol. The molecular formula is C21H27F3N4O2. The average Bonchev–Trinajstić information content (AvgIpc) is 2.95. The van der Waals surface area contributed by atoms with Crippen LogP contribution in [0.25, 0.3) is 0 Å². The van der Waals surface area contributed by atoms with Gasteiger partial charge in [-0.1, -0.05) is 26.0 Å². The Labute approximate surface area is 174 Å². The summed E-state index contributed by atoms with van der Waals surface area (Å²) in [6.07, 6.45) is -1.51. The number of alkyl halides is 3. The number of amides is 1. The molecule has 0 saturated carbocycles. The zero-order chi connectivity index (χ0) is 21.7. The van der Waals surface area contributed by atoms with Crippen molar-refractivity contribution < 1.29 is 22.7 Å². The molecule has 0 aliphatic carbocycles. The molecule has 1 aromatic heterocycles. The van der Waals surface area contributed by atoms with Gasteiger partial charge in [-0.2, -0.15) is 0 Å². The molecule has 164 valence electrons. The summed E-state index contributed by atoms with van der Waals surface area (Å²) in [7, 11) is 0. The number of rotatable bonds is 7. The van der Waals surface area contributed by atoms with E-state index in [-0.39, 0.29) is 11.7 Å². The molecule has 9 heteroatoms. The predicted octanol–water partition coefficient (Wildman–Crippen LogP) is 3.62. The Kier molecular flexibility index (Phi) is 7.02. The maximum atomic E-state index is 12.5. The zero-order valence-corrected chi connectivity index (χ0v) is 17.2. The lowest BCUT2D eigenvalue weighted by Gasteiger charge is -2.20. The number of benzene rings is 1. The Balaban J connectivity index is 1.60. The van der Waals surface area contributed by atoms with Crippen molar-refractivity contribution in [1.82, 2.24) is 19.8 Å². The third-order valence-electron chi connectivity index (χ3n) is 5.01. The van der Waals surface area contributed by atoms with Crippen molar-refractivity contribution in [3.63, 3.8) is 0 Å². The molecule has 30 heavy (non-hydrogen) atoms. The van der Waals surface area contributed by atoms with Crippen LogP contribution < -0.4 is 10.1 Å². The highest BCUT2D eigenvalue weighted by atomic mass is 19.4. The van der Waals surface area contributed by atoms with Crippen LogP contribution in [0.15, 0.2) is 30.5 Å². The highest BCUT2D eigenvalue weighted by molar-refractivity contribution is 5.92. The van der Waals surface area contributed by atoms with E-state index in [4.69, 9.17) is 0 Å². The maximum absolute atomic E-state index is 12.5. The van der Waals surface area contributed by atoms with Gasteiger partial charge in [-0.05, 0) is 30.0 Å². The summed E-state index contributed by atoms with van der Waals surface area (Å²) in [5, 5.41) is 2.94. The minimum atomic E-state index is -4.71. The molecule has 2 heterocycles. The molecule has 1 aliphatic rings. The Bertz CT molecular complexity index is 864. The summed E-state index contributed by atoms with van der Waals surface area (Å²) in [5.74, 6) is 1.02. The SMILES string of the molecule is CC(C)CCNC(=O)c1cnc2n1CCN(Cc1cccc(OC(F)(F)F)c1)CC2. The van der Waals surface area contributed by atoms with Crippen molar-refractivity contribution in [3.8, 4) is 5.75 Å². The number of ether oxygens (including phenoxy) is 1. The molecule has 3 rings (SSSR count). The highest BCUT2D eigenvalue weighted by Gasteiger charge is 2.31. The third kappa shape index (κ3) is 6.22. The van der Waals surface area contributed by atoms with Crippen LogP contribution in [0.4, 0.5) is 13.2 Å². The first-order valence-corrected chi connectivity index (χ1v) is 10.1. The van der Waals surface area contributed by atoms with E-state index in [1.54, 1.807) is 18.3 Å². The predicted molar refractivity (Wildman–Crippen MR) is 106 cm³/mol. The maximum Gasteiger partial charge on any atom is 0.573 e. The molecule has 0 atom stereocenters. The number of aromatic nitrogens is 2. The van der Waals surface area contributed by atoms with Gasteiger partial charge in [-0.25, -0.2) is 4.98 Å². The Morgan fingerprint density at radius 1 is 1.27 bits per heavy atom. The Morgan fingerprint density at radius 3 is 2.80 bits per heavy atom. The van der Waals surface area contributed by atoms with E-state index in [0.29, 0.717) is 50.8 Å². The molecule has 0 unspecified atom stereocenters. The van der Waals surface area contributed by atoms with Crippen LogP contribution in [-0.2, 0) is 19.5 Å². The van der Waals surface area contributed by atoms with E-state index in [1.807, 2.05) is 4.57 Å².